The first-order valence-electron chi connectivity index (χ1n) is 7.90. The predicted octanol–water partition coefficient (Wildman–Crippen LogP) is 3.32. The Morgan fingerprint density at radius 1 is 1.12 bits per heavy atom. The van der Waals surface area contributed by atoms with Gasteiger partial charge in [-0.25, -0.2) is 4.99 Å². The summed E-state index contributed by atoms with van der Waals surface area (Å²) in [7, 11) is 0. The fraction of sp³-hybridized carbons (Fsp3) is 0.278. The van der Waals surface area contributed by atoms with E-state index in [1.165, 1.54) is 0 Å². The Morgan fingerprint density at radius 3 is 2.79 bits per heavy atom. The lowest BCUT2D eigenvalue weighted by Gasteiger charge is -2.12. The van der Waals surface area contributed by atoms with Gasteiger partial charge in [0.1, 0.15) is 0 Å². The van der Waals surface area contributed by atoms with Crippen LogP contribution in [0, 0.1) is 0 Å². The van der Waals surface area contributed by atoms with Gasteiger partial charge in [0.2, 0.25) is 6.79 Å². The zero-order valence-corrected chi connectivity index (χ0v) is 14.3. The van der Waals surface area contributed by atoms with Crippen molar-refractivity contribution in [1.82, 2.24) is 10.6 Å². The van der Waals surface area contributed by atoms with E-state index < -0.39 is 0 Å². The number of rotatable bonds is 5. The van der Waals surface area contributed by atoms with Gasteiger partial charge < -0.3 is 20.1 Å². The maximum Gasteiger partial charge on any atom is 0.231 e. The normalized spacial score (nSPS) is 13.0. The first-order valence-corrected chi connectivity index (χ1v) is 8.28. The highest BCUT2D eigenvalue weighted by atomic mass is 35.5. The fourth-order valence-electron chi connectivity index (χ4n) is 2.37. The minimum Gasteiger partial charge on any atom is -0.454 e. The molecule has 24 heavy (non-hydrogen) atoms. The van der Waals surface area contributed by atoms with Gasteiger partial charge in [-0.05, 0) is 36.2 Å². The van der Waals surface area contributed by atoms with E-state index in [0.29, 0.717) is 13.1 Å². The van der Waals surface area contributed by atoms with Crippen LogP contribution < -0.4 is 20.1 Å². The quantitative estimate of drug-likeness (QED) is 0.644. The molecule has 2 aromatic rings. The molecular weight excluding hydrogens is 326 g/mol. The maximum atomic E-state index is 6.19. The zero-order valence-electron chi connectivity index (χ0n) is 13.5. The Labute approximate surface area is 146 Å². The Kier molecular flexibility index (Phi) is 5.43. The van der Waals surface area contributed by atoms with Crippen LogP contribution in [0.5, 0.6) is 11.5 Å². The van der Waals surface area contributed by atoms with Gasteiger partial charge in [0.25, 0.3) is 0 Å². The molecule has 0 aliphatic carbocycles. The zero-order chi connectivity index (χ0) is 16.8. The summed E-state index contributed by atoms with van der Waals surface area (Å²) in [6.07, 6.45) is 0. The molecule has 0 radical (unpaired) electrons. The molecule has 1 aliphatic heterocycles. The van der Waals surface area contributed by atoms with Crippen molar-refractivity contribution in [2.75, 3.05) is 13.3 Å². The number of fused-ring (bicyclic) bond motifs is 1. The summed E-state index contributed by atoms with van der Waals surface area (Å²) in [5, 5.41) is 7.28. The molecule has 6 heteroatoms. The third-order valence-corrected chi connectivity index (χ3v) is 3.97. The minimum absolute atomic E-state index is 0.282. The van der Waals surface area contributed by atoms with E-state index in [-0.39, 0.29) is 6.79 Å². The Bertz CT molecular complexity index is 734. The topological polar surface area (TPSA) is 54.9 Å². The van der Waals surface area contributed by atoms with Crippen molar-refractivity contribution in [1.29, 1.82) is 0 Å². The smallest absolute Gasteiger partial charge is 0.231 e. The van der Waals surface area contributed by atoms with Gasteiger partial charge in [0.15, 0.2) is 17.5 Å². The Hall–Kier alpha value is -2.40. The van der Waals surface area contributed by atoms with E-state index in [9.17, 15) is 0 Å². The summed E-state index contributed by atoms with van der Waals surface area (Å²) in [5.41, 5.74) is 2.10. The van der Waals surface area contributed by atoms with Crippen LogP contribution in [0.2, 0.25) is 5.02 Å². The van der Waals surface area contributed by atoms with E-state index in [2.05, 4.69) is 15.6 Å². The van der Waals surface area contributed by atoms with Crippen molar-refractivity contribution >= 4 is 17.6 Å². The predicted molar refractivity (Wildman–Crippen MR) is 95.7 cm³/mol. The lowest BCUT2D eigenvalue weighted by Crippen LogP contribution is -2.36. The highest BCUT2D eigenvalue weighted by Crippen LogP contribution is 2.32. The van der Waals surface area contributed by atoms with Crippen LogP contribution >= 0.6 is 11.6 Å². The minimum atomic E-state index is 0.282. The largest absolute Gasteiger partial charge is 0.454 e. The number of nitrogens with one attached hydrogen (secondary N) is 2. The number of benzene rings is 2. The Morgan fingerprint density at radius 2 is 1.96 bits per heavy atom. The summed E-state index contributed by atoms with van der Waals surface area (Å²) in [5.74, 6) is 2.30. The molecule has 0 saturated heterocycles. The second-order valence-corrected chi connectivity index (χ2v) is 5.73. The second-order valence-electron chi connectivity index (χ2n) is 5.33. The van der Waals surface area contributed by atoms with Crippen molar-refractivity contribution in [3.05, 3.63) is 58.6 Å². The number of hydrogen-bond acceptors (Lipinski definition) is 3. The van der Waals surface area contributed by atoms with Crippen LogP contribution in [0.1, 0.15) is 18.1 Å². The second kappa shape index (κ2) is 7.93. The molecular formula is C18H20ClN3O2. The molecule has 5 nitrogen and oxygen atoms in total. The van der Waals surface area contributed by atoms with Gasteiger partial charge in [-0.2, -0.15) is 0 Å². The molecule has 0 unspecified atom stereocenters. The molecule has 0 saturated carbocycles. The van der Waals surface area contributed by atoms with Crippen LogP contribution in [-0.2, 0) is 13.1 Å². The third-order valence-electron chi connectivity index (χ3n) is 3.61. The number of guanidine groups is 1. The molecule has 0 fully saturated rings. The molecule has 0 amide bonds. The first kappa shape index (κ1) is 16.5. The van der Waals surface area contributed by atoms with Crippen LogP contribution in [0.3, 0.4) is 0 Å². The average molecular weight is 346 g/mol. The lowest BCUT2D eigenvalue weighted by atomic mass is 10.2. The van der Waals surface area contributed by atoms with Crippen LogP contribution in [0.4, 0.5) is 0 Å². The van der Waals surface area contributed by atoms with E-state index in [1.54, 1.807) is 0 Å². The summed E-state index contributed by atoms with van der Waals surface area (Å²) >= 11 is 6.19. The lowest BCUT2D eigenvalue weighted by molar-refractivity contribution is 0.174. The van der Waals surface area contributed by atoms with Gasteiger partial charge >= 0.3 is 0 Å². The molecule has 0 spiro atoms. The summed E-state index contributed by atoms with van der Waals surface area (Å²) in [6, 6.07) is 13.6. The fourth-order valence-corrected chi connectivity index (χ4v) is 2.57. The van der Waals surface area contributed by atoms with Gasteiger partial charge in [0, 0.05) is 18.1 Å². The molecule has 126 valence electrons. The van der Waals surface area contributed by atoms with E-state index in [1.807, 2.05) is 49.4 Å². The number of aliphatic imine (C=N–C) groups is 1. The monoisotopic (exact) mass is 345 g/mol. The van der Waals surface area contributed by atoms with Crippen molar-refractivity contribution in [3.63, 3.8) is 0 Å². The Balaban J connectivity index is 1.64. The number of halogens is 1. The van der Waals surface area contributed by atoms with Crippen molar-refractivity contribution in [3.8, 4) is 11.5 Å². The molecule has 1 aliphatic rings. The third kappa shape index (κ3) is 4.11. The summed E-state index contributed by atoms with van der Waals surface area (Å²) < 4.78 is 10.7. The van der Waals surface area contributed by atoms with Crippen molar-refractivity contribution < 1.29 is 9.47 Å². The van der Waals surface area contributed by atoms with E-state index >= 15 is 0 Å². The molecule has 0 aromatic heterocycles. The molecule has 3 rings (SSSR count). The van der Waals surface area contributed by atoms with Crippen molar-refractivity contribution in [2.45, 2.75) is 20.0 Å². The molecule has 2 N–H and O–H groups in total. The SMILES string of the molecule is CCNC(=NCc1ccc2c(c1)OCO2)NCc1ccccc1Cl. The van der Waals surface area contributed by atoms with Gasteiger partial charge in [-0.1, -0.05) is 35.9 Å². The summed E-state index contributed by atoms with van der Waals surface area (Å²) in [4.78, 5) is 4.61. The van der Waals surface area contributed by atoms with E-state index in [0.717, 1.165) is 40.2 Å². The molecule has 2 aromatic carbocycles. The van der Waals surface area contributed by atoms with Crippen LogP contribution in [0.15, 0.2) is 47.5 Å². The molecule has 1 heterocycles. The van der Waals surface area contributed by atoms with Crippen LogP contribution in [-0.4, -0.2) is 19.3 Å². The highest BCUT2D eigenvalue weighted by molar-refractivity contribution is 6.31. The van der Waals surface area contributed by atoms with E-state index in [4.69, 9.17) is 21.1 Å². The standard InChI is InChI=1S/C18H20ClN3O2/c1-2-20-18(22-11-14-5-3-4-6-15(14)19)21-10-13-7-8-16-17(9-13)24-12-23-16/h3-9H,2,10-12H2,1H3,(H2,20,21,22). The van der Waals surface area contributed by atoms with Gasteiger partial charge in [-0.15, -0.1) is 0 Å². The number of ether oxygens (including phenoxy) is 2. The maximum absolute atomic E-state index is 6.19. The molecule has 0 bridgehead atoms. The van der Waals surface area contributed by atoms with Crippen LogP contribution in [0.25, 0.3) is 0 Å². The first-order chi connectivity index (χ1) is 11.8. The number of hydrogen-bond donors (Lipinski definition) is 2. The molecule has 0 atom stereocenters. The van der Waals surface area contributed by atoms with Crippen molar-refractivity contribution in [2.24, 2.45) is 4.99 Å². The van der Waals surface area contributed by atoms with Gasteiger partial charge in [-0.3, -0.25) is 0 Å². The highest BCUT2D eigenvalue weighted by Gasteiger charge is 2.13. The number of nitrogens with zero attached hydrogens (tertiary/aromatic N) is 1. The average Bonchev–Trinajstić information content (AvgIpc) is 3.06. The summed E-state index contributed by atoms with van der Waals surface area (Å²) in [6.45, 7) is 4.27. The van der Waals surface area contributed by atoms with Gasteiger partial charge in [0.05, 0.1) is 6.54 Å².